The fourth-order valence-electron chi connectivity index (χ4n) is 2.48. The van der Waals surface area contributed by atoms with Gasteiger partial charge in [-0.2, -0.15) is 0 Å². The van der Waals surface area contributed by atoms with Crippen LogP contribution >= 0.6 is 0 Å². The van der Waals surface area contributed by atoms with Crippen LogP contribution in [0.3, 0.4) is 0 Å². The number of ether oxygens (including phenoxy) is 1. The van der Waals surface area contributed by atoms with E-state index in [4.69, 9.17) is 4.74 Å². The van der Waals surface area contributed by atoms with Crippen LogP contribution in [0.1, 0.15) is 11.1 Å². The van der Waals surface area contributed by atoms with Crippen molar-refractivity contribution in [3.63, 3.8) is 0 Å². The Morgan fingerprint density at radius 1 is 1.24 bits per heavy atom. The third-order valence-electron chi connectivity index (χ3n) is 3.76. The van der Waals surface area contributed by atoms with Crippen molar-refractivity contribution < 1.29 is 9.53 Å². The molecule has 0 spiro atoms. The van der Waals surface area contributed by atoms with Crippen LogP contribution in [-0.4, -0.2) is 62.6 Å². The quantitative estimate of drug-likeness (QED) is 0.838. The summed E-state index contributed by atoms with van der Waals surface area (Å²) in [5.41, 5.74) is 2.33. The third-order valence-corrected chi connectivity index (χ3v) is 3.76. The number of nitrogens with zero attached hydrogens (tertiary/aromatic N) is 2. The van der Waals surface area contributed by atoms with E-state index >= 15 is 0 Å². The Labute approximate surface area is 126 Å². The molecule has 5 nitrogen and oxygen atoms in total. The molecule has 0 radical (unpaired) electrons. The normalized spacial score (nSPS) is 16.2. The van der Waals surface area contributed by atoms with Crippen LogP contribution in [-0.2, 0) is 22.7 Å². The highest BCUT2D eigenvalue weighted by Gasteiger charge is 2.18. The van der Waals surface area contributed by atoms with Gasteiger partial charge in [-0.1, -0.05) is 24.3 Å². The molecular formula is C16H25N3O2. The highest BCUT2D eigenvalue weighted by Crippen LogP contribution is 2.06. The van der Waals surface area contributed by atoms with Crippen molar-refractivity contribution in [1.29, 1.82) is 0 Å². The second-order valence-electron chi connectivity index (χ2n) is 5.54. The summed E-state index contributed by atoms with van der Waals surface area (Å²) in [6.07, 6.45) is 0. The van der Waals surface area contributed by atoms with Crippen LogP contribution in [0, 0.1) is 0 Å². The molecule has 1 aromatic carbocycles. The second-order valence-corrected chi connectivity index (χ2v) is 5.54. The number of methoxy groups -OCH3 is 1. The third kappa shape index (κ3) is 5.12. The van der Waals surface area contributed by atoms with Crippen LogP contribution in [0.2, 0.25) is 0 Å². The minimum atomic E-state index is 0.191. The summed E-state index contributed by atoms with van der Waals surface area (Å²) in [6, 6.07) is 8.24. The van der Waals surface area contributed by atoms with E-state index in [1.54, 1.807) is 7.11 Å². The number of hydrogen-bond donors (Lipinski definition) is 1. The predicted octanol–water partition coefficient (Wildman–Crippen LogP) is 0.697. The van der Waals surface area contributed by atoms with Gasteiger partial charge in [0.05, 0.1) is 13.2 Å². The van der Waals surface area contributed by atoms with Gasteiger partial charge in [-0.15, -0.1) is 0 Å². The van der Waals surface area contributed by atoms with Crippen molar-refractivity contribution >= 4 is 5.91 Å². The van der Waals surface area contributed by atoms with E-state index in [-0.39, 0.29) is 5.91 Å². The van der Waals surface area contributed by atoms with Crippen molar-refractivity contribution in [1.82, 2.24) is 15.1 Å². The number of nitrogens with one attached hydrogen (secondary N) is 1. The summed E-state index contributed by atoms with van der Waals surface area (Å²) in [5.74, 6) is 0.191. The van der Waals surface area contributed by atoms with Gasteiger partial charge in [0.25, 0.3) is 0 Å². The molecule has 21 heavy (non-hydrogen) atoms. The Balaban J connectivity index is 1.73. The molecule has 116 valence electrons. The Morgan fingerprint density at radius 3 is 2.67 bits per heavy atom. The first-order valence-corrected chi connectivity index (χ1v) is 7.43. The fraction of sp³-hybridized carbons (Fsp3) is 0.562. The number of carbonyl (C=O) groups excluding carboxylic acids is 1. The number of amides is 1. The summed E-state index contributed by atoms with van der Waals surface area (Å²) < 4.78 is 5.13. The lowest BCUT2D eigenvalue weighted by molar-refractivity contribution is -0.131. The van der Waals surface area contributed by atoms with Gasteiger partial charge in [-0.25, -0.2) is 0 Å². The Morgan fingerprint density at radius 2 is 1.95 bits per heavy atom. The highest BCUT2D eigenvalue weighted by molar-refractivity contribution is 5.78. The maximum absolute atomic E-state index is 12.1. The van der Waals surface area contributed by atoms with Gasteiger partial charge >= 0.3 is 0 Å². The Hall–Kier alpha value is -1.43. The first-order chi connectivity index (χ1) is 10.2. The number of benzene rings is 1. The molecule has 1 aliphatic rings. The van der Waals surface area contributed by atoms with Gasteiger partial charge in [-0.05, 0) is 18.2 Å². The molecule has 1 aliphatic heterocycles. The van der Waals surface area contributed by atoms with Gasteiger partial charge in [0.1, 0.15) is 0 Å². The van der Waals surface area contributed by atoms with Gasteiger partial charge in [0.15, 0.2) is 0 Å². The molecule has 1 saturated heterocycles. The molecule has 1 fully saturated rings. The van der Waals surface area contributed by atoms with Crippen LogP contribution in [0.4, 0.5) is 0 Å². The van der Waals surface area contributed by atoms with Crippen LogP contribution in [0.25, 0.3) is 0 Å². The predicted molar refractivity (Wildman–Crippen MR) is 82.9 cm³/mol. The van der Waals surface area contributed by atoms with Gasteiger partial charge in [0, 0.05) is 39.8 Å². The number of piperazine rings is 1. The average molecular weight is 291 g/mol. The van der Waals surface area contributed by atoms with E-state index in [0.717, 1.165) is 31.7 Å². The van der Waals surface area contributed by atoms with E-state index in [1.165, 1.54) is 5.56 Å². The fourth-order valence-corrected chi connectivity index (χ4v) is 2.48. The molecule has 1 aromatic rings. The maximum Gasteiger partial charge on any atom is 0.236 e. The second kappa shape index (κ2) is 8.12. The van der Waals surface area contributed by atoms with Crippen molar-refractivity contribution in [3.05, 3.63) is 35.4 Å². The smallest absolute Gasteiger partial charge is 0.236 e. The summed E-state index contributed by atoms with van der Waals surface area (Å²) in [6.45, 7) is 5.32. The van der Waals surface area contributed by atoms with Crippen LogP contribution in [0.15, 0.2) is 24.3 Å². The standard InChI is InChI=1S/C16H25N3O2/c1-18-6-8-19(9-7-18)16(20)12-17-11-14-4-3-5-15(10-14)13-21-2/h3-5,10,17H,6-9,11-13H2,1-2H3. The highest BCUT2D eigenvalue weighted by atomic mass is 16.5. The Bertz CT molecular complexity index is 457. The molecule has 0 bridgehead atoms. The lowest BCUT2D eigenvalue weighted by Crippen LogP contribution is -2.49. The molecule has 1 N–H and O–H groups in total. The van der Waals surface area contributed by atoms with E-state index in [0.29, 0.717) is 19.7 Å². The lowest BCUT2D eigenvalue weighted by atomic mass is 10.1. The van der Waals surface area contributed by atoms with Crippen LogP contribution < -0.4 is 5.32 Å². The molecule has 0 aromatic heterocycles. The maximum atomic E-state index is 12.1. The summed E-state index contributed by atoms with van der Waals surface area (Å²) in [4.78, 5) is 16.3. The SMILES string of the molecule is COCc1cccc(CNCC(=O)N2CCN(C)CC2)c1. The Kier molecular flexibility index (Phi) is 6.17. The number of rotatable bonds is 6. The van der Waals surface area contributed by atoms with Crippen molar-refractivity contribution in [2.75, 3.05) is 46.9 Å². The first kappa shape index (κ1) is 15.9. The molecule has 1 heterocycles. The van der Waals surface area contributed by atoms with Crippen molar-refractivity contribution in [2.45, 2.75) is 13.2 Å². The van der Waals surface area contributed by atoms with E-state index in [1.807, 2.05) is 17.0 Å². The van der Waals surface area contributed by atoms with E-state index in [2.05, 4.69) is 29.4 Å². The minimum Gasteiger partial charge on any atom is -0.380 e. The zero-order chi connectivity index (χ0) is 15.1. The molecule has 2 rings (SSSR count). The van der Waals surface area contributed by atoms with Gasteiger partial charge in [0.2, 0.25) is 5.91 Å². The molecule has 0 atom stereocenters. The molecule has 0 aliphatic carbocycles. The zero-order valence-corrected chi connectivity index (χ0v) is 13.0. The molecular weight excluding hydrogens is 266 g/mol. The summed E-state index contributed by atoms with van der Waals surface area (Å²) in [7, 11) is 3.78. The van der Waals surface area contributed by atoms with Gasteiger partial charge in [-0.3, -0.25) is 4.79 Å². The lowest BCUT2D eigenvalue weighted by Gasteiger charge is -2.32. The molecule has 1 amide bonds. The van der Waals surface area contributed by atoms with E-state index in [9.17, 15) is 4.79 Å². The number of likely N-dealkylation sites (N-methyl/N-ethyl adjacent to an activating group) is 1. The number of carbonyl (C=O) groups is 1. The monoisotopic (exact) mass is 291 g/mol. The van der Waals surface area contributed by atoms with E-state index < -0.39 is 0 Å². The minimum absolute atomic E-state index is 0.191. The first-order valence-electron chi connectivity index (χ1n) is 7.43. The summed E-state index contributed by atoms with van der Waals surface area (Å²) >= 11 is 0. The van der Waals surface area contributed by atoms with Crippen LogP contribution in [0.5, 0.6) is 0 Å². The van der Waals surface area contributed by atoms with Gasteiger partial charge < -0.3 is 19.9 Å². The summed E-state index contributed by atoms with van der Waals surface area (Å²) in [5, 5.41) is 3.23. The molecule has 0 unspecified atom stereocenters. The van der Waals surface area contributed by atoms with Crippen molar-refractivity contribution in [2.24, 2.45) is 0 Å². The van der Waals surface area contributed by atoms with Crippen molar-refractivity contribution in [3.8, 4) is 0 Å². The molecule has 0 saturated carbocycles. The largest absolute Gasteiger partial charge is 0.380 e. The average Bonchev–Trinajstić information content (AvgIpc) is 2.48. The molecule has 5 heteroatoms. The zero-order valence-electron chi connectivity index (χ0n) is 13.0. The number of hydrogen-bond acceptors (Lipinski definition) is 4. The topological polar surface area (TPSA) is 44.8 Å².